The van der Waals surface area contributed by atoms with Crippen LogP contribution in [0.25, 0.3) is 11.2 Å². The van der Waals surface area contributed by atoms with E-state index >= 15 is 0 Å². The van der Waals surface area contributed by atoms with Crippen LogP contribution in [-0.2, 0) is 16.0 Å². The number of aliphatic hydroxyl groups is 1. The summed E-state index contributed by atoms with van der Waals surface area (Å²) in [4.78, 5) is 23.9. The lowest BCUT2D eigenvalue weighted by Crippen LogP contribution is -2.43. The van der Waals surface area contributed by atoms with Crippen LogP contribution < -0.4 is 11.1 Å². The Balaban J connectivity index is 1.52. The summed E-state index contributed by atoms with van der Waals surface area (Å²) >= 11 is 0. The van der Waals surface area contributed by atoms with Gasteiger partial charge in [-0.25, -0.2) is 24.1 Å². The third-order valence-electron chi connectivity index (χ3n) is 4.82. The molecule has 1 aliphatic heterocycles. The van der Waals surface area contributed by atoms with E-state index in [4.69, 9.17) is 10.5 Å². The van der Waals surface area contributed by atoms with Crippen LogP contribution in [0.15, 0.2) is 36.9 Å². The predicted molar refractivity (Wildman–Crippen MR) is 99.4 cm³/mol. The minimum Gasteiger partial charge on any atom is -0.479 e. The average molecular weight is 402 g/mol. The highest BCUT2D eigenvalue weighted by atomic mass is 19.1. The van der Waals surface area contributed by atoms with E-state index in [9.17, 15) is 19.4 Å². The van der Waals surface area contributed by atoms with E-state index in [0.29, 0.717) is 29.9 Å². The topological polar surface area (TPSA) is 148 Å². The highest BCUT2D eigenvalue weighted by Crippen LogP contribution is 2.31. The van der Waals surface area contributed by atoms with Crippen molar-refractivity contribution in [2.75, 3.05) is 11.9 Å². The molecule has 1 aliphatic rings. The summed E-state index contributed by atoms with van der Waals surface area (Å²) in [7, 11) is 0. The zero-order valence-corrected chi connectivity index (χ0v) is 15.1. The first-order chi connectivity index (χ1) is 14.0. The van der Waals surface area contributed by atoms with E-state index in [1.807, 2.05) is 0 Å². The summed E-state index contributed by atoms with van der Waals surface area (Å²) in [6, 6.07) is 5.15. The molecule has 2 aromatic heterocycles. The number of anilines is 1. The van der Waals surface area contributed by atoms with Gasteiger partial charge in [-0.15, -0.1) is 0 Å². The van der Waals surface area contributed by atoms with Gasteiger partial charge < -0.3 is 26.0 Å². The van der Waals surface area contributed by atoms with Crippen molar-refractivity contribution in [3.8, 4) is 0 Å². The summed E-state index contributed by atoms with van der Waals surface area (Å²) in [5, 5.41) is 22.7. The fourth-order valence-electron chi connectivity index (χ4n) is 3.29. The second kappa shape index (κ2) is 7.70. The molecular weight excluding hydrogens is 383 g/mol. The number of rotatable bonds is 6. The lowest BCUT2D eigenvalue weighted by Gasteiger charge is -2.16. The summed E-state index contributed by atoms with van der Waals surface area (Å²) in [6.45, 7) is 0.527. The van der Waals surface area contributed by atoms with Crippen molar-refractivity contribution in [1.82, 2.24) is 19.5 Å². The number of imidazole rings is 1. The van der Waals surface area contributed by atoms with Crippen LogP contribution >= 0.6 is 0 Å². The van der Waals surface area contributed by atoms with Gasteiger partial charge in [-0.3, -0.25) is 4.57 Å². The number of aromatic nitrogens is 4. The number of fused-ring (bicyclic) bond motifs is 1. The van der Waals surface area contributed by atoms with Crippen molar-refractivity contribution in [3.05, 3.63) is 48.3 Å². The van der Waals surface area contributed by atoms with E-state index in [0.717, 1.165) is 5.56 Å². The number of carboxylic acid groups (broad SMARTS) is 1. The van der Waals surface area contributed by atoms with Crippen LogP contribution in [0, 0.1) is 5.82 Å². The molecule has 10 nitrogen and oxygen atoms in total. The van der Waals surface area contributed by atoms with Gasteiger partial charge in [0.05, 0.1) is 12.4 Å². The summed E-state index contributed by atoms with van der Waals surface area (Å²) < 4.78 is 19.9. The number of aliphatic carboxylic acids is 1. The maximum Gasteiger partial charge on any atom is 0.334 e. The zero-order valence-electron chi connectivity index (χ0n) is 15.1. The highest BCUT2D eigenvalue weighted by molar-refractivity contribution is 5.82. The van der Waals surface area contributed by atoms with Gasteiger partial charge >= 0.3 is 5.97 Å². The molecule has 1 fully saturated rings. The molecule has 0 amide bonds. The largest absolute Gasteiger partial charge is 0.479 e. The fraction of sp³-hybridized carbons (Fsp3) is 0.333. The van der Waals surface area contributed by atoms with Crippen molar-refractivity contribution in [1.29, 1.82) is 0 Å². The molecule has 152 valence electrons. The third kappa shape index (κ3) is 3.62. The molecule has 3 heterocycles. The average Bonchev–Trinajstić information content (AvgIpc) is 3.25. The number of hydrogen-bond acceptors (Lipinski definition) is 8. The Morgan fingerprint density at radius 3 is 2.72 bits per heavy atom. The molecule has 3 aromatic rings. The second-order valence-electron chi connectivity index (χ2n) is 6.70. The molecular formula is C18H19FN6O4. The van der Waals surface area contributed by atoms with Crippen LogP contribution in [0.2, 0.25) is 0 Å². The third-order valence-corrected chi connectivity index (χ3v) is 4.82. The lowest BCUT2D eigenvalue weighted by molar-refractivity contribution is -0.152. The molecule has 1 saturated heterocycles. The molecule has 29 heavy (non-hydrogen) atoms. The lowest BCUT2D eigenvalue weighted by atomic mass is 10.1. The Kier molecular flexibility index (Phi) is 5.09. The van der Waals surface area contributed by atoms with E-state index in [-0.39, 0.29) is 5.82 Å². The summed E-state index contributed by atoms with van der Waals surface area (Å²) in [5.74, 6) is -1.06. The van der Waals surface area contributed by atoms with Gasteiger partial charge in [0.25, 0.3) is 0 Å². The van der Waals surface area contributed by atoms with Crippen molar-refractivity contribution < 1.29 is 24.1 Å². The number of halogens is 1. The quantitative estimate of drug-likeness (QED) is 0.456. The second-order valence-corrected chi connectivity index (χ2v) is 6.70. The monoisotopic (exact) mass is 402 g/mol. The van der Waals surface area contributed by atoms with Gasteiger partial charge in [-0.05, 0) is 24.1 Å². The minimum atomic E-state index is -1.33. The molecule has 0 radical (unpaired) electrons. The van der Waals surface area contributed by atoms with Gasteiger partial charge in [0.2, 0.25) is 0 Å². The highest BCUT2D eigenvalue weighted by Gasteiger charge is 2.46. The number of nitrogens with two attached hydrogens (primary N) is 1. The normalized spacial score (nSPS) is 24.1. The van der Waals surface area contributed by atoms with E-state index < -0.39 is 30.4 Å². The van der Waals surface area contributed by atoms with E-state index in [1.54, 1.807) is 12.1 Å². The Bertz CT molecular complexity index is 1030. The van der Waals surface area contributed by atoms with Crippen LogP contribution in [0.1, 0.15) is 11.8 Å². The maximum atomic E-state index is 13.0. The number of hydrogen-bond donors (Lipinski definition) is 4. The summed E-state index contributed by atoms with van der Waals surface area (Å²) in [5.41, 5.74) is 7.54. The molecule has 4 rings (SSSR count). The van der Waals surface area contributed by atoms with Crippen molar-refractivity contribution in [3.63, 3.8) is 0 Å². The number of benzene rings is 1. The number of aliphatic hydroxyl groups excluding tert-OH is 1. The van der Waals surface area contributed by atoms with E-state index in [1.165, 1.54) is 29.4 Å². The Labute approximate surface area is 164 Å². The maximum absolute atomic E-state index is 13.0. The van der Waals surface area contributed by atoms with Gasteiger partial charge in [0.15, 0.2) is 29.3 Å². The number of ether oxygens (including phenoxy) is 1. The van der Waals surface area contributed by atoms with Gasteiger partial charge in [0.1, 0.15) is 18.2 Å². The van der Waals surface area contributed by atoms with Crippen LogP contribution in [0.3, 0.4) is 0 Å². The van der Waals surface area contributed by atoms with Crippen molar-refractivity contribution in [2.45, 2.75) is 30.9 Å². The molecule has 11 heteroatoms. The predicted octanol–water partition coefficient (Wildman–Crippen LogP) is 0.290. The molecule has 0 saturated carbocycles. The van der Waals surface area contributed by atoms with Crippen molar-refractivity contribution >= 4 is 23.0 Å². The van der Waals surface area contributed by atoms with E-state index in [2.05, 4.69) is 20.3 Å². The standard InChI is InChI=1S/C18H19FN6O4/c19-10-3-1-9(2-4-10)5-6-21-15-12-16(23-7-22-15)25(8-24-12)17-13(26)11(20)14(29-17)18(27)28/h1-4,7-8,11,13-14,17,26H,5-6,20H2,(H,27,28)(H,21,22,23)/t11-,13+,14-,17+/m0/s1. The minimum absolute atomic E-state index is 0.286. The molecule has 1 aromatic carbocycles. The zero-order chi connectivity index (χ0) is 20.5. The molecule has 0 aliphatic carbocycles. The van der Waals surface area contributed by atoms with Crippen LogP contribution in [-0.4, -0.2) is 60.5 Å². The number of carbonyl (C=O) groups is 1. The fourth-order valence-corrected chi connectivity index (χ4v) is 3.29. The number of nitrogens with zero attached hydrogens (tertiary/aromatic N) is 4. The molecule has 0 spiro atoms. The smallest absolute Gasteiger partial charge is 0.334 e. The van der Waals surface area contributed by atoms with Crippen LogP contribution in [0.4, 0.5) is 10.2 Å². The first-order valence-electron chi connectivity index (χ1n) is 8.93. The summed E-state index contributed by atoms with van der Waals surface area (Å²) in [6.07, 6.45) is -0.225. The Morgan fingerprint density at radius 2 is 2.03 bits per heavy atom. The number of carboxylic acids is 1. The molecule has 0 bridgehead atoms. The number of nitrogens with one attached hydrogen (secondary N) is 1. The van der Waals surface area contributed by atoms with Gasteiger partial charge in [0, 0.05) is 6.54 Å². The Hall–Kier alpha value is -3.15. The van der Waals surface area contributed by atoms with Crippen molar-refractivity contribution in [2.24, 2.45) is 5.73 Å². The van der Waals surface area contributed by atoms with Gasteiger partial charge in [-0.2, -0.15) is 0 Å². The molecule has 4 atom stereocenters. The Morgan fingerprint density at radius 1 is 1.28 bits per heavy atom. The molecule has 0 unspecified atom stereocenters. The first kappa shape index (κ1) is 19.2. The van der Waals surface area contributed by atoms with Crippen LogP contribution in [0.5, 0.6) is 0 Å². The SMILES string of the molecule is N[C@H]1[C@@H](O)[C@H](n2cnc3c(NCCc4ccc(F)cc4)ncnc32)O[C@@H]1C(=O)O. The van der Waals surface area contributed by atoms with Gasteiger partial charge in [-0.1, -0.05) is 12.1 Å². The first-order valence-corrected chi connectivity index (χ1v) is 8.93. The molecule has 5 N–H and O–H groups in total.